The molecule has 2 amide bonds. The van der Waals surface area contributed by atoms with Crippen molar-refractivity contribution in [2.45, 2.75) is 57.4 Å². The van der Waals surface area contributed by atoms with Crippen LogP contribution in [0.4, 0.5) is 5.82 Å². The molecule has 0 bridgehead atoms. The summed E-state index contributed by atoms with van der Waals surface area (Å²) in [4.78, 5) is 38.8. The van der Waals surface area contributed by atoms with Gasteiger partial charge in [-0.3, -0.25) is 19.6 Å². The van der Waals surface area contributed by atoms with E-state index in [4.69, 9.17) is 0 Å². The first-order valence-corrected chi connectivity index (χ1v) is 11.3. The average molecular weight is 442 g/mol. The van der Waals surface area contributed by atoms with Gasteiger partial charge in [-0.15, -0.1) is 0 Å². The van der Waals surface area contributed by atoms with Crippen molar-refractivity contribution in [2.24, 2.45) is 0 Å². The monoisotopic (exact) mass is 441 g/mol. The first-order valence-electron chi connectivity index (χ1n) is 11.3. The summed E-state index contributed by atoms with van der Waals surface area (Å²) in [6.07, 6.45) is 5.75. The van der Waals surface area contributed by atoms with Gasteiger partial charge in [-0.25, -0.2) is 4.98 Å². The van der Waals surface area contributed by atoms with Crippen molar-refractivity contribution >= 4 is 17.6 Å². The largest absolute Gasteiger partial charge is 0.347 e. The maximum atomic E-state index is 12.8. The molecule has 2 atom stereocenters. The number of amides is 2. The number of hydrogen-bond acceptors (Lipinski definition) is 5. The van der Waals surface area contributed by atoms with E-state index < -0.39 is 5.41 Å². The molecule has 0 aromatic carbocycles. The molecule has 5 rings (SSSR count). The van der Waals surface area contributed by atoms with Crippen LogP contribution >= 0.6 is 0 Å². The van der Waals surface area contributed by atoms with Gasteiger partial charge in [0.1, 0.15) is 11.5 Å². The van der Waals surface area contributed by atoms with Crippen LogP contribution in [0.2, 0.25) is 0 Å². The zero-order valence-corrected chi connectivity index (χ0v) is 19.1. The van der Waals surface area contributed by atoms with E-state index in [0.717, 1.165) is 28.1 Å². The van der Waals surface area contributed by atoms with E-state index in [-0.39, 0.29) is 17.7 Å². The number of nitrogens with one attached hydrogen (secondary N) is 2. The third kappa shape index (κ3) is 3.88. The molecule has 1 fully saturated rings. The Balaban J connectivity index is 1.29. The average Bonchev–Trinajstić information content (AvgIpc) is 3.64. The van der Waals surface area contributed by atoms with Crippen LogP contribution in [-0.2, 0) is 16.8 Å². The number of hydrogen-bond donors (Lipinski definition) is 2. The van der Waals surface area contributed by atoms with E-state index in [1.54, 1.807) is 18.5 Å². The summed E-state index contributed by atoms with van der Waals surface area (Å²) in [5, 5.41) is 5.84. The Kier molecular flexibility index (Phi) is 5.19. The Hall–Kier alpha value is -3.61. The van der Waals surface area contributed by atoms with E-state index >= 15 is 0 Å². The van der Waals surface area contributed by atoms with Crippen molar-refractivity contribution in [3.05, 3.63) is 82.6 Å². The second kappa shape index (κ2) is 8.06. The van der Waals surface area contributed by atoms with E-state index in [1.807, 2.05) is 45.0 Å². The summed E-state index contributed by atoms with van der Waals surface area (Å²) >= 11 is 0. The molecular weight excluding hydrogens is 414 g/mol. The summed E-state index contributed by atoms with van der Waals surface area (Å²) in [7, 11) is 0. The van der Waals surface area contributed by atoms with Gasteiger partial charge in [-0.1, -0.05) is 19.1 Å². The smallest absolute Gasteiger partial charge is 0.270 e. The number of carbonyl (C=O) groups excluding carboxylic acids is 2. The van der Waals surface area contributed by atoms with Gasteiger partial charge in [0.15, 0.2) is 0 Å². The van der Waals surface area contributed by atoms with Gasteiger partial charge in [0.25, 0.3) is 5.91 Å². The Labute approximate surface area is 193 Å². The molecule has 0 radical (unpaired) electrons. The maximum absolute atomic E-state index is 12.8. The highest BCUT2D eigenvalue weighted by Gasteiger charge is 2.48. The molecule has 1 aliphatic heterocycles. The lowest BCUT2D eigenvalue weighted by Crippen LogP contribution is -2.36. The van der Waals surface area contributed by atoms with Crippen LogP contribution in [-0.4, -0.2) is 26.8 Å². The number of pyridine rings is 3. The quantitative estimate of drug-likeness (QED) is 0.603. The van der Waals surface area contributed by atoms with Crippen LogP contribution in [0.1, 0.15) is 77.1 Å². The highest BCUT2D eigenvalue weighted by molar-refractivity contribution is 6.05. The van der Waals surface area contributed by atoms with Crippen LogP contribution in [0, 0.1) is 6.92 Å². The van der Waals surface area contributed by atoms with Crippen molar-refractivity contribution < 1.29 is 9.59 Å². The highest BCUT2D eigenvalue weighted by Crippen LogP contribution is 2.45. The molecule has 4 heterocycles. The minimum absolute atomic E-state index is 0.0799. The van der Waals surface area contributed by atoms with E-state index in [2.05, 4.69) is 31.7 Å². The van der Waals surface area contributed by atoms with Gasteiger partial charge >= 0.3 is 0 Å². The molecule has 168 valence electrons. The maximum Gasteiger partial charge on any atom is 0.270 e. The number of aryl methyl sites for hydroxylation is 1. The van der Waals surface area contributed by atoms with Gasteiger partial charge in [-0.2, -0.15) is 0 Å². The lowest BCUT2D eigenvalue weighted by Gasteiger charge is -2.29. The SMILES string of the molecule is Cc1cc(CNC(=O)c2ccc([C@@H](C)[C@@]3(C)C(=O)Nc4ncccc43)cn2)cc(C2CC2)n1. The van der Waals surface area contributed by atoms with Crippen LogP contribution < -0.4 is 10.6 Å². The third-order valence-corrected chi connectivity index (χ3v) is 6.94. The van der Waals surface area contributed by atoms with Crippen molar-refractivity contribution in [3.8, 4) is 0 Å². The van der Waals surface area contributed by atoms with Gasteiger partial charge < -0.3 is 10.6 Å². The lowest BCUT2D eigenvalue weighted by atomic mass is 9.71. The van der Waals surface area contributed by atoms with Crippen LogP contribution in [0.15, 0.2) is 48.8 Å². The summed E-state index contributed by atoms with van der Waals surface area (Å²) in [5.41, 5.74) is 4.51. The number of rotatable bonds is 6. The van der Waals surface area contributed by atoms with E-state index in [0.29, 0.717) is 24.0 Å². The van der Waals surface area contributed by atoms with E-state index in [9.17, 15) is 9.59 Å². The lowest BCUT2D eigenvalue weighted by molar-refractivity contribution is -0.120. The van der Waals surface area contributed by atoms with Gasteiger partial charge in [0.05, 0.1) is 5.41 Å². The molecule has 7 nitrogen and oxygen atoms in total. The first-order chi connectivity index (χ1) is 15.9. The highest BCUT2D eigenvalue weighted by atomic mass is 16.2. The third-order valence-electron chi connectivity index (χ3n) is 6.94. The van der Waals surface area contributed by atoms with E-state index in [1.165, 1.54) is 12.8 Å². The molecule has 1 saturated carbocycles. The number of aromatic nitrogens is 3. The topological polar surface area (TPSA) is 96.9 Å². The minimum atomic E-state index is -0.756. The molecule has 3 aromatic heterocycles. The Bertz CT molecular complexity index is 1240. The zero-order valence-electron chi connectivity index (χ0n) is 19.1. The molecule has 0 saturated heterocycles. The number of anilines is 1. The van der Waals surface area contributed by atoms with Crippen molar-refractivity contribution in [3.63, 3.8) is 0 Å². The normalized spacial score (nSPS) is 20.2. The Morgan fingerprint density at radius 1 is 1.24 bits per heavy atom. The summed E-state index contributed by atoms with van der Waals surface area (Å²) in [6, 6.07) is 11.5. The molecule has 3 aromatic rings. The second-order valence-corrected chi connectivity index (χ2v) is 9.25. The second-order valence-electron chi connectivity index (χ2n) is 9.25. The molecule has 0 unspecified atom stereocenters. The first kappa shape index (κ1) is 21.2. The van der Waals surface area contributed by atoms with Gasteiger partial charge in [-0.05, 0) is 62.1 Å². The van der Waals surface area contributed by atoms with Crippen molar-refractivity contribution in [1.29, 1.82) is 0 Å². The number of nitrogens with zero attached hydrogens (tertiary/aromatic N) is 3. The van der Waals surface area contributed by atoms with Gasteiger partial charge in [0, 0.05) is 47.7 Å². The van der Waals surface area contributed by atoms with Crippen LogP contribution in [0.3, 0.4) is 0 Å². The number of fused-ring (bicyclic) bond motifs is 1. The summed E-state index contributed by atoms with van der Waals surface area (Å²) in [5.74, 6) is 0.729. The minimum Gasteiger partial charge on any atom is -0.347 e. The summed E-state index contributed by atoms with van der Waals surface area (Å²) < 4.78 is 0. The standard InChI is InChI=1S/C26H27N5O2/c1-15-11-17(12-22(30-15)18-6-7-18)13-29-24(32)21-9-8-19(14-28-21)16(2)26(3)20-5-4-10-27-23(20)31-25(26)33/h4-5,8-12,14,16,18H,6-7,13H2,1-3H3,(H,29,32)(H,27,31,33)/t16-,26-/m1/s1. The molecule has 33 heavy (non-hydrogen) atoms. The predicted octanol–water partition coefficient (Wildman–Crippen LogP) is 4.00. The Morgan fingerprint density at radius 3 is 2.79 bits per heavy atom. The van der Waals surface area contributed by atoms with Crippen LogP contribution in [0.5, 0.6) is 0 Å². The molecule has 0 spiro atoms. The fourth-order valence-electron chi connectivity index (χ4n) is 4.57. The fraction of sp³-hybridized carbons (Fsp3) is 0.346. The number of carbonyl (C=O) groups is 2. The molecule has 1 aliphatic carbocycles. The van der Waals surface area contributed by atoms with Crippen molar-refractivity contribution in [1.82, 2.24) is 20.3 Å². The van der Waals surface area contributed by atoms with Crippen molar-refractivity contribution in [2.75, 3.05) is 5.32 Å². The molecule has 2 N–H and O–H groups in total. The molecule has 7 heteroatoms. The Morgan fingerprint density at radius 2 is 2.06 bits per heavy atom. The zero-order chi connectivity index (χ0) is 23.2. The molecule has 2 aliphatic rings. The molecular formula is C26H27N5O2. The fourth-order valence-corrected chi connectivity index (χ4v) is 4.57. The predicted molar refractivity (Wildman–Crippen MR) is 125 cm³/mol. The van der Waals surface area contributed by atoms with Gasteiger partial charge in [0.2, 0.25) is 5.91 Å². The summed E-state index contributed by atoms with van der Waals surface area (Å²) in [6.45, 7) is 6.34. The van der Waals surface area contributed by atoms with Crippen LogP contribution in [0.25, 0.3) is 0 Å².